The summed E-state index contributed by atoms with van der Waals surface area (Å²) < 4.78 is 2.08. The van der Waals surface area contributed by atoms with Gasteiger partial charge in [-0.25, -0.2) is 9.97 Å². The third kappa shape index (κ3) is 3.11. The van der Waals surface area contributed by atoms with E-state index in [1.165, 1.54) is 5.56 Å². The fourth-order valence-electron chi connectivity index (χ4n) is 2.96. The van der Waals surface area contributed by atoms with Crippen LogP contribution in [0, 0.1) is 13.8 Å². The molecule has 26 heavy (non-hydrogen) atoms. The number of hydrogen-bond donors (Lipinski definition) is 1. The van der Waals surface area contributed by atoms with Crippen molar-refractivity contribution in [3.05, 3.63) is 64.8 Å². The van der Waals surface area contributed by atoms with Crippen molar-refractivity contribution < 1.29 is 4.79 Å². The Bertz CT molecular complexity index is 1080. The molecule has 0 fully saturated rings. The van der Waals surface area contributed by atoms with Crippen molar-refractivity contribution in [2.45, 2.75) is 20.3 Å². The van der Waals surface area contributed by atoms with Crippen LogP contribution in [0.1, 0.15) is 16.8 Å². The number of benzene rings is 1. The average Bonchev–Trinajstić information content (AvgIpc) is 3.19. The molecular weight excluding hydrogens is 344 g/mol. The topological polar surface area (TPSA) is 59.3 Å². The number of hydrogen-bond acceptors (Lipinski definition) is 5. The maximum atomic E-state index is 10.6. The van der Waals surface area contributed by atoms with Crippen LogP contribution in [0.3, 0.4) is 0 Å². The molecule has 5 nitrogen and oxygen atoms in total. The number of aldehydes is 1. The number of aryl methyl sites for hydroxylation is 2. The quantitative estimate of drug-likeness (QED) is 0.529. The monoisotopic (exact) mass is 362 g/mol. The minimum atomic E-state index is 0.439. The second kappa shape index (κ2) is 6.72. The van der Waals surface area contributed by atoms with Gasteiger partial charge in [0.2, 0.25) is 0 Å². The Balaban J connectivity index is 1.62. The molecule has 3 aromatic heterocycles. The van der Waals surface area contributed by atoms with Crippen molar-refractivity contribution in [2.75, 3.05) is 5.32 Å². The highest BCUT2D eigenvalue weighted by Crippen LogP contribution is 2.30. The van der Waals surface area contributed by atoms with Crippen LogP contribution in [-0.2, 0) is 11.2 Å². The van der Waals surface area contributed by atoms with Gasteiger partial charge in [0.25, 0.3) is 0 Å². The lowest BCUT2D eigenvalue weighted by Gasteiger charge is -2.03. The highest BCUT2D eigenvalue weighted by Gasteiger charge is 2.14. The summed E-state index contributed by atoms with van der Waals surface area (Å²) in [5, 5.41) is 6.19. The number of rotatable bonds is 5. The first-order chi connectivity index (χ1) is 12.6. The minimum Gasteiger partial charge on any atom is -0.332 e. The van der Waals surface area contributed by atoms with Crippen LogP contribution < -0.4 is 5.32 Å². The number of nitrogens with one attached hydrogen (secondary N) is 1. The molecule has 0 spiro atoms. The lowest BCUT2D eigenvalue weighted by Crippen LogP contribution is -1.93. The third-order valence-electron chi connectivity index (χ3n) is 4.23. The first-order valence-electron chi connectivity index (χ1n) is 8.35. The largest absolute Gasteiger partial charge is 0.332 e. The predicted molar refractivity (Wildman–Crippen MR) is 105 cm³/mol. The van der Waals surface area contributed by atoms with Crippen molar-refractivity contribution in [3.8, 4) is 11.4 Å². The van der Waals surface area contributed by atoms with Gasteiger partial charge >= 0.3 is 0 Å². The molecule has 6 heteroatoms. The van der Waals surface area contributed by atoms with Gasteiger partial charge in [-0.1, -0.05) is 12.1 Å². The van der Waals surface area contributed by atoms with Crippen LogP contribution in [-0.4, -0.2) is 20.7 Å². The summed E-state index contributed by atoms with van der Waals surface area (Å²) in [6.07, 6.45) is 3.39. The lowest BCUT2D eigenvalue weighted by atomic mass is 10.1. The molecule has 0 unspecified atom stereocenters. The molecule has 3 heterocycles. The summed E-state index contributed by atoms with van der Waals surface area (Å²) in [6, 6.07) is 12.0. The zero-order valence-electron chi connectivity index (χ0n) is 14.6. The van der Waals surface area contributed by atoms with E-state index in [-0.39, 0.29) is 0 Å². The van der Waals surface area contributed by atoms with Crippen molar-refractivity contribution in [2.24, 2.45) is 0 Å². The van der Waals surface area contributed by atoms with Gasteiger partial charge in [-0.05, 0) is 49.2 Å². The molecule has 0 aliphatic heterocycles. The summed E-state index contributed by atoms with van der Waals surface area (Å²) in [5.74, 6) is 0. The average molecular weight is 362 g/mol. The summed E-state index contributed by atoms with van der Waals surface area (Å²) in [6.45, 7) is 4.07. The van der Waals surface area contributed by atoms with E-state index in [4.69, 9.17) is 4.98 Å². The molecule has 0 saturated heterocycles. The Labute approximate surface area is 155 Å². The van der Waals surface area contributed by atoms with E-state index >= 15 is 0 Å². The highest BCUT2D eigenvalue weighted by molar-refractivity contribution is 7.14. The second-order valence-corrected chi connectivity index (χ2v) is 7.07. The number of thiazole rings is 1. The van der Waals surface area contributed by atoms with Gasteiger partial charge in [0.1, 0.15) is 17.6 Å². The van der Waals surface area contributed by atoms with Gasteiger partial charge in [-0.3, -0.25) is 4.40 Å². The van der Waals surface area contributed by atoms with Crippen LogP contribution in [0.2, 0.25) is 0 Å². The standard InChI is InChI=1S/C20H18N4OS/c1-13-7-9-24-18(11-13)21-14(2)19(24)17-12-26-20(23-17)22-16-5-3-15(4-6-16)8-10-25/h3-7,9-12H,8H2,1-2H3,(H,22,23). The molecule has 4 aromatic rings. The van der Waals surface area contributed by atoms with Crippen LogP contribution >= 0.6 is 11.3 Å². The number of carbonyl (C=O) groups excluding carboxylic acids is 1. The zero-order valence-corrected chi connectivity index (χ0v) is 15.4. The summed E-state index contributed by atoms with van der Waals surface area (Å²) >= 11 is 1.56. The lowest BCUT2D eigenvalue weighted by molar-refractivity contribution is -0.107. The van der Waals surface area contributed by atoms with Gasteiger partial charge in [0.15, 0.2) is 5.13 Å². The van der Waals surface area contributed by atoms with Crippen molar-refractivity contribution >= 4 is 34.1 Å². The molecule has 0 aliphatic carbocycles. The van der Waals surface area contributed by atoms with Crippen molar-refractivity contribution in [3.63, 3.8) is 0 Å². The normalized spacial score (nSPS) is 11.0. The Hall–Kier alpha value is -2.99. The van der Waals surface area contributed by atoms with Crippen LogP contribution in [0.5, 0.6) is 0 Å². The fourth-order valence-corrected chi connectivity index (χ4v) is 3.67. The number of anilines is 2. The fraction of sp³-hybridized carbons (Fsp3) is 0.150. The highest BCUT2D eigenvalue weighted by atomic mass is 32.1. The number of aromatic nitrogens is 3. The van der Waals surface area contributed by atoms with Crippen molar-refractivity contribution in [1.82, 2.24) is 14.4 Å². The molecule has 1 aromatic carbocycles. The number of carbonyl (C=O) groups is 1. The molecule has 0 atom stereocenters. The number of pyridine rings is 1. The van der Waals surface area contributed by atoms with Gasteiger partial charge in [0.05, 0.1) is 11.4 Å². The summed E-state index contributed by atoms with van der Waals surface area (Å²) in [5.41, 5.74) is 6.96. The molecule has 0 bridgehead atoms. The molecule has 0 saturated carbocycles. The Morgan fingerprint density at radius 1 is 1.15 bits per heavy atom. The predicted octanol–water partition coefficient (Wildman–Crippen LogP) is 4.56. The molecule has 4 rings (SSSR count). The van der Waals surface area contributed by atoms with Gasteiger partial charge in [-0.2, -0.15) is 0 Å². The molecular formula is C20H18N4OS. The van der Waals surface area contributed by atoms with E-state index in [0.717, 1.165) is 45.4 Å². The SMILES string of the molecule is Cc1ccn2c(-c3csc(Nc4ccc(CC=O)cc4)n3)c(C)nc2c1. The van der Waals surface area contributed by atoms with Crippen LogP contribution in [0.4, 0.5) is 10.8 Å². The third-order valence-corrected chi connectivity index (χ3v) is 4.98. The number of nitrogens with zero attached hydrogens (tertiary/aromatic N) is 3. The maximum absolute atomic E-state index is 10.6. The minimum absolute atomic E-state index is 0.439. The second-order valence-electron chi connectivity index (χ2n) is 6.21. The molecule has 0 aliphatic rings. The summed E-state index contributed by atoms with van der Waals surface area (Å²) in [4.78, 5) is 20.0. The van der Waals surface area contributed by atoms with E-state index in [1.54, 1.807) is 11.3 Å². The first kappa shape index (κ1) is 16.5. The van der Waals surface area contributed by atoms with Gasteiger partial charge in [0, 0.05) is 23.7 Å². The van der Waals surface area contributed by atoms with Crippen LogP contribution in [0.15, 0.2) is 48.0 Å². The molecule has 0 radical (unpaired) electrons. The van der Waals surface area contributed by atoms with E-state index < -0.39 is 0 Å². The molecule has 0 amide bonds. The van der Waals surface area contributed by atoms with Crippen molar-refractivity contribution in [1.29, 1.82) is 0 Å². The Kier molecular flexibility index (Phi) is 4.26. The number of imidazole rings is 1. The smallest absolute Gasteiger partial charge is 0.187 e. The van der Waals surface area contributed by atoms with E-state index in [9.17, 15) is 4.79 Å². The summed E-state index contributed by atoms with van der Waals surface area (Å²) in [7, 11) is 0. The Morgan fingerprint density at radius 2 is 1.96 bits per heavy atom. The maximum Gasteiger partial charge on any atom is 0.187 e. The van der Waals surface area contributed by atoms with Gasteiger partial charge < -0.3 is 10.1 Å². The molecule has 1 N–H and O–H groups in total. The zero-order chi connectivity index (χ0) is 18.1. The van der Waals surface area contributed by atoms with E-state index in [0.29, 0.717) is 6.42 Å². The first-order valence-corrected chi connectivity index (χ1v) is 9.23. The van der Waals surface area contributed by atoms with E-state index in [1.807, 2.05) is 42.8 Å². The molecule has 130 valence electrons. The van der Waals surface area contributed by atoms with Crippen LogP contribution in [0.25, 0.3) is 17.0 Å². The number of fused-ring (bicyclic) bond motifs is 1. The van der Waals surface area contributed by atoms with Gasteiger partial charge in [-0.15, -0.1) is 11.3 Å². The van der Waals surface area contributed by atoms with E-state index in [2.05, 4.69) is 33.8 Å². The Morgan fingerprint density at radius 3 is 2.73 bits per heavy atom.